The number of fused-ring (bicyclic) bond motifs is 1. The molecular formula is C17H19FN4O2S. The van der Waals surface area contributed by atoms with Gasteiger partial charge in [-0.3, -0.25) is 0 Å². The number of nitrogens with zero attached hydrogens (tertiary/aromatic N) is 3. The summed E-state index contributed by atoms with van der Waals surface area (Å²) in [5.41, 5.74) is 1.84. The molecule has 1 aliphatic heterocycles. The summed E-state index contributed by atoms with van der Waals surface area (Å²) in [6.45, 7) is 5.84. The van der Waals surface area contributed by atoms with Crippen LogP contribution in [0.3, 0.4) is 0 Å². The van der Waals surface area contributed by atoms with Crippen molar-refractivity contribution in [2.24, 2.45) is 0 Å². The monoisotopic (exact) mass is 362 g/mol. The van der Waals surface area contributed by atoms with Crippen LogP contribution in [0.15, 0.2) is 40.7 Å². The lowest BCUT2D eigenvalue weighted by atomic mass is 9.96. The molecule has 1 N–H and O–H groups in total. The van der Waals surface area contributed by atoms with Crippen LogP contribution in [0.2, 0.25) is 0 Å². The fourth-order valence-corrected chi connectivity index (χ4v) is 3.30. The number of hydrogen-bond acceptors (Lipinski definition) is 6. The number of allylic oxidation sites excluding steroid dienone is 1. The average molecular weight is 362 g/mol. The second kappa shape index (κ2) is 7.26. The van der Waals surface area contributed by atoms with Crippen molar-refractivity contribution in [3.05, 3.63) is 46.9 Å². The van der Waals surface area contributed by atoms with Crippen LogP contribution >= 0.6 is 11.8 Å². The number of hydrogen-bond donors (Lipinski definition) is 1. The fourth-order valence-electron chi connectivity index (χ4n) is 2.75. The van der Waals surface area contributed by atoms with E-state index in [4.69, 9.17) is 4.74 Å². The van der Waals surface area contributed by atoms with Crippen LogP contribution in [0.5, 0.6) is 0 Å². The predicted molar refractivity (Wildman–Crippen MR) is 93.9 cm³/mol. The largest absolute Gasteiger partial charge is 0.463 e. The molecule has 0 saturated carbocycles. The van der Waals surface area contributed by atoms with Crippen LogP contribution in [0.4, 0.5) is 10.3 Å². The number of anilines is 1. The minimum absolute atomic E-state index is 0.271. The standard InChI is InChI=1S/C17H19FN4O2S/c1-4-24-15(23)13-10(3)19-16-20-17(25-5-2)21-22(16)14(13)11-6-8-12(18)9-7-11/h6-9,14H,4-5H2,1-3H3,(H,19,20,21)/t14-/m0/s1. The van der Waals surface area contributed by atoms with E-state index in [0.717, 1.165) is 11.3 Å². The highest BCUT2D eigenvalue weighted by Gasteiger charge is 2.35. The van der Waals surface area contributed by atoms with Gasteiger partial charge in [0, 0.05) is 5.70 Å². The van der Waals surface area contributed by atoms with E-state index in [0.29, 0.717) is 22.4 Å². The van der Waals surface area contributed by atoms with Gasteiger partial charge in [0.1, 0.15) is 11.9 Å². The maximum atomic E-state index is 13.4. The molecule has 25 heavy (non-hydrogen) atoms. The van der Waals surface area contributed by atoms with Crippen molar-refractivity contribution < 1.29 is 13.9 Å². The molecule has 8 heteroatoms. The Kier molecular flexibility index (Phi) is 5.08. The molecule has 0 aliphatic carbocycles. The molecule has 0 spiro atoms. The van der Waals surface area contributed by atoms with Gasteiger partial charge in [0.25, 0.3) is 0 Å². The second-order valence-electron chi connectivity index (χ2n) is 5.43. The Labute approximate surface area is 149 Å². The van der Waals surface area contributed by atoms with Gasteiger partial charge in [-0.25, -0.2) is 13.9 Å². The highest BCUT2D eigenvalue weighted by Crippen LogP contribution is 2.36. The molecule has 1 atom stereocenters. The highest BCUT2D eigenvalue weighted by atomic mass is 32.2. The summed E-state index contributed by atoms with van der Waals surface area (Å²) in [7, 11) is 0. The summed E-state index contributed by atoms with van der Waals surface area (Å²) >= 11 is 1.51. The Morgan fingerprint density at radius 2 is 2.08 bits per heavy atom. The lowest BCUT2D eigenvalue weighted by molar-refractivity contribution is -0.139. The summed E-state index contributed by atoms with van der Waals surface area (Å²) in [6, 6.07) is 5.52. The van der Waals surface area contributed by atoms with Gasteiger partial charge in [0.15, 0.2) is 0 Å². The number of benzene rings is 1. The third-order valence-corrected chi connectivity index (χ3v) is 4.51. The smallest absolute Gasteiger partial charge is 0.338 e. The van der Waals surface area contributed by atoms with Crippen molar-refractivity contribution in [2.45, 2.75) is 32.0 Å². The Balaban J connectivity index is 2.12. The molecule has 6 nitrogen and oxygen atoms in total. The zero-order chi connectivity index (χ0) is 18.0. The Hall–Kier alpha value is -2.35. The van der Waals surface area contributed by atoms with E-state index in [-0.39, 0.29) is 12.4 Å². The van der Waals surface area contributed by atoms with Crippen molar-refractivity contribution in [3.8, 4) is 0 Å². The number of carbonyl (C=O) groups is 1. The normalized spacial score (nSPS) is 16.4. The Morgan fingerprint density at radius 3 is 2.72 bits per heavy atom. The first-order valence-corrected chi connectivity index (χ1v) is 9.03. The summed E-state index contributed by atoms with van der Waals surface area (Å²) in [5.74, 6) is 0.627. The quantitative estimate of drug-likeness (QED) is 0.650. The van der Waals surface area contributed by atoms with Crippen LogP contribution in [-0.2, 0) is 9.53 Å². The van der Waals surface area contributed by atoms with E-state index in [9.17, 15) is 9.18 Å². The molecule has 0 radical (unpaired) electrons. The molecule has 0 bridgehead atoms. The van der Waals surface area contributed by atoms with Crippen molar-refractivity contribution in [1.29, 1.82) is 0 Å². The molecule has 132 valence electrons. The van der Waals surface area contributed by atoms with Gasteiger partial charge in [-0.2, -0.15) is 4.98 Å². The van der Waals surface area contributed by atoms with Crippen molar-refractivity contribution in [2.75, 3.05) is 17.7 Å². The zero-order valence-corrected chi connectivity index (χ0v) is 15.1. The molecule has 1 aliphatic rings. The zero-order valence-electron chi connectivity index (χ0n) is 14.2. The minimum Gasteiger partial charge on any atom is -0.463 e. The van der Waals surface area contributed by atoms with Gasteiger partial charge in [-0.1, -0.05) is 30.8 Å². The highest BCUT2D eigenvalue weighted by molar-refractivity contribution is 7.99. The second-order valence-corrected chi connectivity index (χ2v) is 6.66. The Bertz CT molecular complexity index is 817. The van der Waals surface area contributed by atoms with Crippen LogP contribution in [0, 0.1) is 5.82 Å². The van der Waals surface area contributed by atoms with Gasteiger partial charge < -0.3 is 10.1 Å². The number of rotatable bonds is 5. The number of ether oxygens (including phenoxy) is 1. The van der Waals surface area contributed by atoms with Crippen molar-refractivity contribution >= 4 is 23.7 Å². The van der Waals surface area contributed by atoms with Crippen LogP contribution in [0.25, 0.3) is 0 Å². The molecule has 0 saturated heterocycles. The van der Waals surface area contributed by atoms with Gasteiger partial charge >= 0.3 is 5.97 Å². The van der Waals surface area contributed by atoms with Gasteiger partial charge in [0.05, 0.1) is 12.2 Å². The van der Waals surface area contributed by atoms with E-state index in [1.807, 2.05) is 6.92 Å². The number of thioether (sulfide) groups is 1. The first-order valence-electron chi connectivity index (χ1n) is 8.04. The molecule has 0 fully saturated rings. The SMILES string of the molecule is CCOC(=O)C1=C(C)Nc2nc(SCC)nn2[C@H]1c1ccc(F)cc1. The van der Waals surface area contributed by atoms with E-state index in [1.54, 1.807) is 30.7 Å². The predicted octanol–water partition coefficient (Wildman–Crippen LogP) is 3.38. The summed E-state index contributed by atoms with van der Waals surface area (Å²) in [5, 5.41) is 8.26. The Morgan fingerprint density at radius 1 is 1.36 bits per heavy atom. The maximum absolute atomic E-state index is 13.4. The lowest BCUT2D eigenvalue weighted by Crippen LogP contribution is -2.29. The van der Waals surface area contributed by atoms with E-state index < -0.39 is 12.0 Å². The number of carbonyl (C=O) groups excluding carboxylic acids is 1. The first-order chi connectivity index (χ1) is 12.0. The summed E-state index contributed by atoms with van der Waals surface area (Å²) in [4.78, 5) is 17.0. The third kappa shape index (κ3) is 3.39. The molecule has 2 aromatic rings. The van der Waals surface area contributed by atoms with E-state index in [1.165, 1.54) is 23.9 Å². The number of nitrogens with one attached hydrogen (secondary N) is 1. The number of esters is 1. The molecule has 2 heterocycles. The molecule has 1 aromatic carbocycles. The van der Waals surface area contributed by atoms with Crippen molar-refractivity contribution in [3.63, 3.8) is 0 Å². The van der Waals surface area contributed by atoms with Crippen LogP contribution < -0.4 is 5.32 Å². The molecule has 0 unspecified atom stereocenters. The first kappa shape index (κ1) is 17.5. The molecule has 0 amide bonds. The fraction of sp³-hybridized carbons (Fsp3) is 0.353. The number of halogens is 1. The van der Waals surface area contributed by atoms with E-state index in [2.05, 4.69) is 15.4 Å². The summed E-state index contributed by atoms with van der Waals surface area (Å²) in [6.07, 6.45) is 0. The van der Waals surface area contributed by atoms with Crippen LogP contribution in [0.1, 0.15) is 32.4 Å². The third-order valence-electron chi connectivity index (χ3n) is 3.79. The number of aromatic nitrogens is 3. The minimum atomic E-state index is -0.519. The topological polar surface area (TPSA) is 69.0 Å². The van der Waals surface area contributed by atoms with E-state index >= 15 is 0 Å². The molecular weight excluding hydrogens is 343 g/mol. The summed E-state index contributed by atoms with van der Waals surface area (Å²) < 4.78 is 20.2. The lowest BCUT2D eigenvalue weighted by Gasteiger charge is -2.28. The molecule has 1 aromatic heterocycles. The van der Waals surface area contributed by atoms with Crippen molar-refractivity contribution in [1.82, 2.24) is 14.8 Å². The van der Waals surface area contributed by atoms with Gasteiger partial charge in [0.2, 0.25) is 11.1 Å². The van der Waals surface area contributed by atoms with Crippen LogP contribution in [-0.4, -0.2) is 33.1 Å². The van der Waals surface area contributed by atoms with Gasteiger partial charge in [-0.15, -0.1) is 5.10 Å². The average Bonchev–Trinajstić information content (AvgIpc) is 2.97. The van der Waals surface area contributed by atoms with Gasteiger partial charge in [-0.05, 0) is 37.3 Å². The maximum Gasteiger partial charge on any atom is 0.338 e. The molecule has 3 rings (SSSR count).